The van der Waals surface area contributed by atoms with Crippen molar-refractivity contribution in [2.75, 3.05) is 0 Å². The van der Waals surface area contributed by atoms with E-state index >= 15 is 0 Å². The summed E-state index contributed by atoms with van der Waals surface area (Å²) >= 11 is 0. The molecular formula is C23H19N7. The molecule has 0 amide bonds. The standard InChI is InChI=1S/C23H19N7/c1-14(17-11-15-5-3-9-25-20(15)12-17)28-23-18(24-2)7-8-19(29-23)22-27-13-16-6-4-10-26-21(16)30-22/h3-10,13,17H,2,11-12H2,1H3/b28-14+. The lowest BCUT2D eigenvalue weighted by atomic mass is 10.0. The second-order valence-electron chi connectivity index (χ2n) is 7.27. The molecule has 1 unspecified atom stereocenters. The molecule has 7 heteroatoms. The Kier molecular flexibility index (Phi) is 4.55. The van der Waals surface area contributed by atoms with Crippen LogP contribution in [-0.2, 0) is 12.8 Å². The van der Waals surface area contributed by atoms with Crippen molar-refractivity contribution < 1.29 is 0 Å². The Labute approximate surface area is 173 Å². The molecule has 0 aliphatic heterocycles. The number of pyridine rings is 3. The molecule has 0 spiro atoms. The molecule has 0 aromatic carbocycles. The Hall–Kier alpha value is -3.87. The average molecular weight is 393 g/mol. The monoisotopic (exact) mass is 393 g/mol. The number of hydrogen-bond donors (Lipinski definition) is 0. The molecule has 7 nitrogen and oxygen atoms in total. The van der Waals surface area contributed by atoms with Crippen molar-refractivity contribution in [3.8, 4) is 11.5 Å². The summed E-state index contributed by atoms with van der Waals surface area (Å²) in [4.78, 5) is 31.4. The molecule has 4 aromatic rings. The average Bonchev–Trinajstić information content (AvgIpc) is 3.23. The predicted octanol–water partition coefficient (Wildman–Crippen LogP) is 4.32. The van der Waals surface area contributed by atoms with Gasteiger partial charge in [-0.2, -0.15) is 0 Å². The van der Waals surface area contributed by atoms with Gasteiger partial charge in [0.15, 0.2) is 17.3 Å². The van der Waals surface area contributed by atoms with E-state index in [2.05, 4.69) is 37.7 Å². The second-order valence-corrected chi connectivity index (χ2v) is 7.27. The Balaban J connectivity index is 1.50. The number of nitrogens with zero attached hydrogens (tertiary/aromatic N) is 7. The van der Waals surface area contributed by atoms with Gasteiger partial charge in [0.05, 0.1) is 0 Å². The van der Waals surface area contributed by atoms with Crippen molar-refractivity contribution in [1.82, 2.24) is 24.9 Å². The minimum absolute atomic E-state index is 0.305. The topological polar surface area (TPSA) is 89.2 Å². The normalized spacial score (nSPS) is 15.9. The van der Waals surface area contributed by atoms with Gasteiger partial charge in [0.25, 0.3) is 0 Å². The van der Waals surface area contributed by atoms with Gasteiger partial charge in [-0.3, -0.25) is 9.98 Å². The molecular weight excluding hydrogens is 374 g/mol. The van der Waals surface area contributed by atoms with Crippen LogP contribution in [0, 0.1) is 5.92 Å². The van der Waals surface area contributed by atoms with Gasteiger partial charge in [-0.15, -0.1) is 0 Å². The summed E-state index contributed by atoms with van der Waals surface area (Å²) in [6.45, 7) is 5.70. The zero-order valence-electron chi connectivity index (χ0n) is 16.5. The van der Waals surface area contributed by atoms with Gasteiger partial charge in [0, 0.05) is 41.3 Å². The van der Waals surface area contributed by atoms with Gasteiger partial charge >= 0.3 is 0 Å². The fourth-order valence-electron chi connectivity index (χ4n) is 3.72. The summed E-state index contributed by atoms with van der Waals surface area (Å²) < 4.78 is 0. The molecule has 5 rings (SSSR count). The zero-order chi connectivity index (χ0) is 20.5. The molecule has 0 N–H and O–H groups in total. The van der Waals surface area contributed by atoms with Gasteiger partial charge in [-0.25, -0.2) is 24.9 Å². The quantitative estimate of drug-likeness (QED) is 0.482. The van der Waals surface area contributed by atoms with E-state index < -0.39 is 0 Å². The van der Waals surface area contributed by atoms with Gasteiger partial charge in [-0.05, 0) is 62.4 Å². The highest BCUT2D eigenvalue weighted by molar-refractivity contribution is 5.89. The second kappa shape index (κ2) is 7.51. The summed E-state index contributed by atoms with van der Waals surface area (Å²) in [6, 6.07) is 11.6. The van der Waals surface area contributed by atoms with E-state index in [9.17, 15) is 0 Å². The highest BCUT2D eigenvalue weighted by Gasteiger charge is 2.24. The third-order valence-corrected chi connectivity index (χ3v) is 5.37. The fraction of sp³-hybridized carbons (Fsp3) is 0.174. The van der Waals surface area contributed by atoms with Crippen molar-refractivity contribution >= 4 is 35.0 Å². The molecule has 146 valence electrons. The molecule has 1 atom stereocenters. The number of rotatable bonds is 4. The third kappa shape index (κ3) is 3.34. The van der Waals surface area contributed by atoms with Crippen LogP contribution in [-0.4, -0.2) is 37.3 Å². The SMILES string of the molecule is C=Nc1ccc(-c2ncc3cccnc3n2)nc1/N=C(\C)C1Cc2cccnc2C1. The van der Waals surface area contributed by atoms with Crippen molar-refractivity contribution in [2.24, 2.45) is 15.9 Å². The molecule has 0 bridgehead atoms. The van der Waals surface area contributed by atoms with Crippen molar-refractivity contribution in [2.45, 2.75) is 19.8 Å². The molecule has 4 aromatic heterocycles. The number of aromatic nitrogens is 5. The van der Waals surface area contributed by atoms with Crippen LogP contribution in [0.1, 0.15) is 18.2 Å². The van der Waals surface area contributed by atoms with Gasteiger partial charge in [-0.1, -0.05) is 6.07 Å². The summed E-state index contributed by atoms with van der Waals surface area (Å²) in [6.07, 6.45) is 7.14. The van der Waals surface area contributed by atoms with E-state index in [1.165, 1.54) is 5.56 Å². The van der Waals surface area contributed by atoms with E-state index in [0.29, 0.717) is 34.6 Å². The molecule has 1 aliphatic rings. The predicted molar refractivity (Wildman–Crippen MR) is 118 cm³/mol. The molecule has 0 radical (unpaired) electrons. The molecule has 0 saturated heterocycles. The van der Waals surface area contributed by atoms with E-state index in [-0.39, 0.29) is 0 Å². The summed E-state index contributed by atoms with van der Waals surface area (Å²) in [5.41, 5.74) is 5.33. The first kappa shape index (κ1) is 18.2. The van der Waals surface area contributed by atoms with Crippen LogP contribution in [0.4, 0.5) is 11.5 Å². The van der Waals surface area contributed by atoms with Gasteiger partial charge in [0.1, 0.15) is 11.4 Å². The van der Waals surface area contributed by atoms with Crippen molar-refractivity contribution in [1.29, 1.82) is 0 Å². The fourth-order valence-corrected chi connectivity index (χ4v) is 3.72. The number of fused-ring (bicyclic) bond motifs is 2. The Morgan fingerprint density at radius 3 is 2.73 bits per heavy atom. The molecule has 30 heavy (non-hydrogen) atoms. The number of aliphatic imine (C=N–C) groups is 2. The molecule has 4 heterocycles. The maximum Gasteiger partial charge on any atom is 0.180 e. The van der Waals surface area contributed by atoms with E-state index in [4.69, 9.17) is 9.98 Å². The lowest BCUT2D eigenvalue weighted by Crippen LogP contribution is -2.11. The van der Waals surface area contributed by atoms with Crippen LogP contribution >= 0.6 is 0 Å². The number of hydrogen-bond acceptors (Lipinski definition) is 7. The third-order valence-electron chi connectivity index (χ3n) is 5.37. The Morgan fingerprint density at radius 1 is 1.00 bits per heavy atom. The maximum atomic E-state index is 4.82. The van der Waals surface area contributed by atoms with Crippen LogP contribution in [0.2, 0.25) is 0 Å². The highest BCUT2D eigenvalue weighted by atomic mass is 15.0. The summed E-state index contributed by atoms with van der Waals surface area (Å²) in [5, 5.41) is 0.883. The molecule has 0 saturated carbocycles. The highest BCUT2D eigenvalue weighted by Crippen LogP contribution is 2.31. The lowest BCUT2D eigenvalue weighted by molar-refractivity contribution is 0.738. The summed E-state index contributed by atoms with van der Waals surface area (Å²) in [5.74, 6) is 1.33. The van der Waals surface area contributed by atoms with Crippen LogP contribution in [0.25, 0.3) is 22.6 Å². The van der Waals surface area contributed by atoms with E-state index in [1.807, 2.05) is 43.5 Å². The minimum Gasteiger partial charge on any atom is -0.261 e. The maximum absolute atomic E-state index is 4.82. The first-order valence-electron chi connectivity index (χ1n) is 9.75. The van der Waals surface area contributed by atoms with Gasteiger partial charge < -0.3 is 0 Å². The first-order chi connectivity index (χ1) is 14.7. The smallest absolute Gasteiger partial charge is 0.180 e. The first-order valence-corrected chi connectivity index (χ1v) is 9.75. The van der Waals surface area contributed by atoms with E-state index in [0.717, 1.165) is 29.6 Å². The van der Waals surface area contributed by atoms with Crippen molar-refractivity contribution in [3.63, 3.8) is 0 Å². The van der Waals surface area contributed by atoms with Crippen LogP contribution in [0.15, 0.2) is 65.0 Å². The molecule has 0 fully saturated rings. The largest absolute Gasteiger partial charge is 0.261 e. The zero-order valence-corrected chi connectivity index (χ0v) is 16.5. The van der Waals surface area contributed by atoms with E-state index in [1.54, 1.807) is 12.4 Å². The minimum atomic E-state index is 0.305. The van der Waals surface area contributed by atoms with Crippen LogP contribution in [0.5, 0.6) is 0 Å². The van der Waals surface area contributed by atoms with Gasteiger partial charge in [0.2, 0.25) is 0 Å². The summed E-state index contributed by atoms with van der Waals surface area (Å²) in [7, 11) is 0. The Morgan fingerprint density at radius 2 is 1.87 bits per heavy atom. The molecule has 1 aliphatic carbocycles. The Bertz CT molecular complexity index is 1270. The lowest BCUT2D eigenvalue weighted by Gasteiger charge is -2.10. The van der Waals surface area contributed by atoms with Crippen LogP contribution < -0.4 is 0 Å². The van der Waals surface area contributed by atoms with Crippen LogP contribution in [0.3, 0.4) is 0 Å². The van der Waals surface area contributed by atoms with Crippen molar-refractivity contribution in [3.05, 3.63) is 66.2 Å².